The normalized spacial score (nSPS) is 22.3. The van der Waals surface area contributed by atoms with Crippen LogP contribution >= 0.6 is 12.4 Å². The summed E-state index contributed by atoms with van der Waals surface area (Å²) in [5.41, 5.74) is 0.927. The molecular formula is C23H35ClN2O3. The number of methoxy groups -OCH3 is 1. The molecular weight excluding hydrogens is 388 g/mol. The average Bonchev–Trinajstić information content (AvgIpc) is 3.22. The second-order valence-electron chi connectivity index (χ2n) is 8.11. The molecule has 29 heavy (non-hydrogen) atoms. The molecule has 0 radical (unpaired) electrons. The SMILES string of the molecule is COc1cc(/C=C/C(=O)N[C@H]2CC[C@H](C)CC2)ccc1OCCN1CCCC1.Cl. The highest BCUT2D eigenvalue weighted by Crippen LogP contribution is 2.29. The Hall–Kier alpha value is -1.72. The molecule has 1 aromatic carbocycles. The maximum absolute atomic E-state index is 12.2. The molecule has 2 fully saturated rings. The zero-order chi connectivity index (χ0) is 19.8. The third-order valence-corrected chi connectivity index (χ3v) is 5.84. The van der Waals surface area contributed by atoms with E-state index in [0.717, 1.165) is 36.6 Å². The number of hydrogen-bond acceptors (Lipinski definition) is 4. The minimum atomic E-state index is -0.0236. The highest BCUT2D eigenvalue weighted by atomic mass is 35.5. The number of rotatable bonds is 8. The van der Waals surface area contributed by atoms with Crippen LogP contribution in [0.5, 0.6) is 11.5 Å². The zero-order valence-electron chi connectivity index (χ0n) is 17.7. The highest BCUT2D eigenvalue weighted by molar-refractivity contribution is 5.92. The summed E-state index contributed by atoms with van der Waals surface area (Å²) in [7, 11) is 1.65. The largest absolute Gasteiger partial charge is 0.493 e. The van der Waals surface area contributed by atoms with Crippen LogP contribution in [0.3, 0.4) is 0 Å². The minimum Gasteiger partial charge on any atom is -0.493 e. The number of ether oxygens (including phenoxy) is 2. The van der Waals surface area contributed by atoms with Crippen LogP contribution in [0.25, 0.3) is 6.08 Å². The first-order chi connectivity index (χ1) is 13.6. The number of amides is 1. The smallest absolute Gasteiger partial charge is 0.244 e. The lowest BCUT2D eigenvalue weighted by atomic mass is 9.87. The Kier molecular flexibility index (Phi) is 9.82. The van der Waals surface area contributed by atoms with Crippen LogP contribution in [0.15, 0.2) is 24.3 Å². The van der Waals surface area contributed by atoms with Gasteiger partial charge in [-0.15, -0.1) is 12.4 Å². The molecule has 6 heteroatoms. The summed E-state index contributed by atoms with van der Waals surface area (Å²) >= 11 is 0. The second kappa shape index (κ2) is 12.1. The Morgan fingerprint density at radius 1 is 1.17 bits per heavy atom. The molecule has 1 heterocycles. The fourth-order valence-corrected chi connectivity index (χ4v) is 4.02. The van der Waals surface area contributed by atoms with Gasteiger partial charge >= 0.3 is 0 Å². The highest BCUT2D eigenvalue weighted by Gasteiger charge is 2.18. The third kappa shape index (κ3) is 7.56. The summed E-state index contributed by atoms with van der Waals surface area (Å²) in [4.78, 5) is 14.6. The van der Waals surface area contributed by atoms with Crippen LogP contribution in [-0.4, -0.2) is 50.2 Å². The molecule has 1 aliphatic heterocycles. The molecule has 1 saturated carbocycles. The fourth-order valence-electron chi connectivity index (χ4n) is 4.02. The van der Waals surface area contributed by atoms with E-state index in [1.54, 1.807) is 13.2 Å². The average molecular weight is 423 g/mol. The first-order valence-corrected chi connectivity index (χ1v) is 10.7. The summed E-state index contributed by atoms with van der Waals surface area (Å²) in [5, 5.41) is 3.12. The van der Waals surface area contributed by atoms with Gasteiger partial charge < -0.3 is 14.8 Å². The van der Waals surface area contributed by atoms with Crippen molar-refractivity contribution in [3.05, 3.63) is 29.8 Å². The number of halogens is 1. The van der Waals surface area contributed by atoms with Gasteiger partial charge in [-0.05, 0) is 81.3 Å². The molecule has 1 amide bonds. The molecule has 3 rings (SSSR count). The van der Waals surface area contributed by atoms with Gasteiger partial charge in [0.1, 0.15) is 6.61 Å². The van der Waals surface area contributed by atoms with Gasteiger partial charge in [0, 0.05) is 18.7 Å². The van der Waals surface area contributed by atoms with Gasteiger partial charge in [-0.1, -0.05) is 13.0 Å². The van der Waals surface area contributed by atoms with E-state index in [0.29, 0.717) is 18.4 Å². The van der Waals surface area contributed by atoms with Crippen LogP contribution in [-0.2, 0) is 4.79 Å². The number of carbonyl (C=O) groups is 1. The Morgan fingerprint density at radius 2 is 1.90 bits per heavy atom. The number of carbonyl (C=O) groups excluding carboxylic acids is 1. The number of nitrogens with zero attached hydrogens (tertiary/aromatic N) is 1. The molecule has 1 aromatic rings. The van der Waals surface area contributed by atoms with Crippen LogP contribution in [0.1, 0.15) is 51.0 Å². The molecule has 0 aromatic heterocycles. The Labute approximate surface area is 181 Å². The van der Waals surface area contributed by atoms with Crippen molar-refractivity contribution in [2.75, 3.05) is 33.4 Å². The van der Waals surface area contributed by atoms with E-state index < -0.39 is 0 Å². The van der Waals surface area contributed by atoms with E-state index in [9.17, 15) is 4.79 Å². The Balaban J connectivity index is 0.00000300. The zero-order valence-corrected chi connectivity index (χ0v) is 18.5. The van der Waals surface area contributed by atoms with Gasteiger partial charge in [0.25, 0.3) is 0 Å². The molecule has 1 saturated heterocycles. The summed E-state index contributed by atoms with van der Waals surface area (Å²) in [6, 6.07) is 6.11. The molecule has 2 aliphatic rings. The van der Waals surface area contributed by atoms with Crippen molar-refractivity contribution in [1.29, 1.82) is 0 Å². The first-order valence-electron chi connectivity index (χ1n) is 10.7. The van der Waals surface area contributed by atoms with Gasteiger partial charge in [0.15, 0.2) is 11.5 Å². The van der Waals surface area contributed by atoms with E-state index in [2.05, 4.69) is 17.1 Å². The van der Waals surface area contributed by atoms with Gasteiger partial charge in [0.05, 0.1) is 7.11 Å². The van der Waals surface area contributed by atoms with Crippen LogP contribution in [0.2, 0.25) is 0 Å². The van der Waals surface area contributed by atoms with Crippen LogP contribution in [0.4, 0.5) is 0 Å². The quantitative estimate of drug-likeness (QED) is 0.634. The van der Waals surface area contributed by atoms with Gasteiger partial charge in [-0.2, -0.15) is 0 Å². The third-order valence-electron chi connectivity index (χ3n) is 5.84. The lowest BCUT2D eigenvalue weighted by Crippen LogP contribution is -2.36. The summed E-state index contributed by atoms with van der Waals surface area (Å²) in [6.07, 6.45) is 10.6. The molecule has 0 atom stereocenters. The van der Waals surface area contributed by atoms with Gasteiger partial charge in [-0.3, -0.25) is 9.69 Å². The van der Waals surface area contributed by atoms with Gasteiger partial charge in [0.2, 0.25) is 5.91 Å². The standard InChI is InChI=1S/C23H34N2O3.ClH/c1-18-5-9-20(10-6-18)24-23(26)12-8-19-7-11-21(22(17-19)27-2)28-16-15-25-13-3-4-14-25;/h7-8,11-12,17-18,20H,3-6,9-10,13-16H2,1-2H3,(H,24,26);1H/b12-8+;/t18-,20-;. The lowest BCUT2D eigenvalue weighted by molar-refractivity contribution is -0.117. The molecule has 162 valence electrons. The van der Waals surface area contributed by atoms with Crippen LogP contribution in [0, 0.1) is 5.92 Å². The summed E-state index contributed by atoms with van der Waals surface area (Å²) in [6.45, 7) is 6.24. The lowest BCUT2D eigenvalue weighted by Gasteiger charge is -2.26. The molecule has 1 aliphatic carbocycles. The maximum Gasteiger partial charge on any atom is 0.244 e. The van der Waals surface area contributed by atoms with Gasteiger partial charge in [-0.25, -0.2) is 0 Å². The van der Waals surface area contributed by atoms with Crippen molar-refractivity contribution in [2.45, 2.75) is 51.5 Å². The predicted octanol–water partition coefficient (Wildman–Crippen LogP) is 4.30. The van der Waals surface area contributed by atoms with Crippen molar-refractivity contribution in [3.63, 3.8) is 0 Å². The van der Waals surface area contributed by atoms with Crippen molar-refractivity contribution in [3.8, 4) is 11.5 Å². The van der Waals surface area contributed by atoms with E-state index >= 15 is 0 Å². The number of likely N-dealkylation sites (tertiary alicyclic amines) is 1. The first kappa shape index (κ1) is 23.6. The minimum absolute atomic E-state index is 0. The molecule has 1 N–H and O–H groups in total. The fraction of sp³-hybridized carbons (Fsp3) is 0.609. The van der Waals surface area contributed by atoms with E-state index in [1.165, 1.54) is 38.8 Å². The maximum atomic E-state index is 12.2. The Morgan fingerprint density at radius 3 is 2.59 bits per heavy atom. The van der Waals surface area contributed by atoms with Crippen molar-refractivity contribution in [2.24, 2.45) is 5.92 Å². The van der Waals surface area contributed by atoms with E-state index in [-0.39, 0.29) is 18.3 Å². The summed E-state index contributed by atoms with van der Waals surface area (Å²) in [5.74, 6) is 2.21. The van der Waals surface area contributed by atoms with E-state index in [4.69, 9.17) is 9.47 Å². The van der Waals surface area contributed by atoms with E-state index in [1.807, 2.05) is 24.3 Å². The summed E-state index contributed by atoms with van der Waals surface area (Å²) < 4.78 is 11.4. The molecule has 5 nitrogen and oxygen atoms in total. The van der Waals surface area contributed by atoms with Crippen molar-refractivity contribution in [1.82, 2.24) is 10.2 Å². The number of hydrogen-bond donors (Lipinski definition) is 1. The van der Waals surface area contributed by atoms with Crippen molar-refractivity contribution < 1.29 is 14.3 Å². The monoisotopic (exact) mass is 422 g/mol. The predicted molar refractivity (Wildman–Crippen MR) is 120 cm³/mol. The molecule has 0 unspecified atom stereocenters. The number of benzene rings is 1. The van der Waals surface area contributed by atoms with Crippen LogP contribution < -0.4 is 14.8 Å². The second-order valence-corrected chi connectivity index (χ2v) is 8.11. The molecule has 0 bridgehead atoms. The molecule has 0 spiro atoms. The number of nitrogens with one attached hydrogen (secondary N) is 1. The Bertz CT molecular complexity index is 666. The topological polar surface area (TPSA) is 50.8 Å². The van der Waals surface area contributed by atoms with Crippen molar-refractivity contribution >= 4 is 24.4 Å².